The van der Waals surface area contributed by atoms with Gasteiger partial charge in [0.05, 0.1) is 0 Å². The fourth-order valence-corrected chi connectivity index (χ4v) is 2.24. The number of nitrogens with one attached hydrogen (secondary N) is 1. The number of hydrogen-bond donors (Lipinski definition) is 1. The predicted molar refractivity (Wildman–Crippen MR) is 87.2 cm³/mol. The summed E-state index contributed by atoms with van der Waals surface area (Å²) >= 11 is 6.04. The van der Waals surface area contributed by atoms with Crippen LogP contribution in [0.3, 0.4) is 0 Å². The van der Waals surface area contributed by atoms with Gasteiger partial charge >= 0.3 is 0 Å². The summed E-state index contributed by atoms with van der Waals surface area (Å²) in [5.41, 5.74) is 2.08. The largest absolute Gasteiger partial charge is 0.438 e. The van der Waals surface area contributed by atoms with Gasteiger partial charge < -0.3 is 10.1 Å². The molecule has 0 fully saturated rings. The molecule has 0 radical (unpaired) electrons. The van der Waals surface area contributed by atoms with Crippen molar-refractivity contribution in [2.24, 2.45) is 0 Å². The molecule has 0 saturated carbocycles. The molecule has 2 aromatic rings. The predicted octanol–water partition coefficient (Wildman–Crippen LogP) is 4.90. The molecule has 0 spiro atoms. The highest BCUT2D eigenvalue weighted by molar-refractivity contribution is 6.30. The second-order valence-corrected chi connectivity index (χ2v) is 5.52. The minimum absolute atomic E-state index is 0.188. The summed E-state index contributed by atoms with van der Waals surface area (Å²) in [6.45, 7) is 7.22. The number of aromatic nitrogens is 1. The average Bonchev–Trinajstić information content (AvgIpc) is 2.49. The zero-order valence-electron chi connectivity index (χ0n) is 12.7. The van der Waals surface area contributed by atoms with Gasteiger partial charge in [-0.05, 0) is 50.6 Å². The third-order valence-electron chi connectivity index (χ3n) is 3.32. The van der Waals surface area contributed by atoms with E-state index in [0.29, 0.717) is 10.9 Å². The maximum Gasteiger partial charge on any atom is 0.223 e. The number of aryl methyl sites for hydroxylation is 1. The van der Waals surface area contributed by atoms with E-state index in [1.54, 1.807) is 6.20 Å². The standard InChI is InChI=1S/C17H21ClN2O/c1-4-9-19-13(3)15-6-5-10-20-17(15)21-16-11-14(18)8-7-12(16)2/h5-8,10-11,13,19H,4,9H2,1-3H3. The Hall–Kier alpha value is -1.58. The molecule has 1 unspecified atom stereocenters. The van der Waals surface area contributed by atoms with Crippen LogP contribution in [0, 0.1) is 6.92 Å². The Kier molecular flexibility index (Phi) is 5.59. The highest BCUT2D eigenvalue weighted by atomic mass is 35.5. The molecule has 0 saturated heterocycles. The molecular formula is C17H21ClN2O. The molecule has 4 heteroatoms. The number of ether oxygens (including phenoxy) is 1. The van der Waals surface area contributed by atoms with Crippen LogP contribution in [0.5, 0.6) is 11.6 Å². The van der Waals surface area contributed by atoms with Gasteiger partial charge in [0.25, 0.3) is 0 Å². The average molecular weight is 305 g/mol. The van der Waals surface area contributed by atoms with Crippen LogP contribution >= 0.6 is 11.6 Å². The van der Waals surface area contributed by atoms with E-state index in [1.807, 2.05) is 37.3 Å². The molecule has 0 aliphatic heterocycles. The first-order valence-corrected chi connectivity index (χ1v) is 7.62. The highest BCUT2D eigenvalue weighted by Crippen LogP contribution is 2.30. The van der Waals surface area contributed by atoms with Crippen LogP contribution in [0.4, 0.5) is 0 Å². The summed E-state index contributed by atoms with van der Waals surface area (Å²) in [7, 11) is 0. The molecule has 0 aliphatic carbocycles. The van der Waals surface area contributed by atoms with Crippen LogP contribution in [-0.2, 0) is 0 Å². The number of rotatable bonds is 6. The molecule has 1 aromatic heterocycles. The molecule has 0 amide bonds. The molecule has 0 aliphatic rings. The van der Waals surface area contributed by atoms with E-state index in [4.69, 9.17) is 16.3 Å². The van der Waals surface area contributed by atoms with Gasteiger partial charge in [0.15, 0.2) is 0 Å². The number of pyridine rings is 1. The molecule has 21 heavy (non-hydrogen) atoms. The van der Waals surface area contributed by atoms with Crippen molar-refractivity contribution in [3.8, 4) is 11.6 Å². The van der Waals surface area contributed by atoms with Crippen LogP contribution in [0.1, 0.15) is 37.4 Å². The van der Waals surface area contributed by atoms with E-state index >= 15 is 0 Å². The van der Waals surface area contributed by atoms with Crippen molar-refractivity contribution in [1.82, 2.24) is 10.3 Å². The van der Waals surface area contributed by atoms with Gasteiger partial charge in [-0.3, -0.25) is 0 Å². The third-order valence-corrected chi connectivity index (χ3v) is 3.56. The quantitative estimate of drug-likeness (QED) is 0.824. The second kappa shape index (κ2) is 7.43. The Balaban J connectivity index is 2.25. The molecule has 3 nitrogen and oxygen atoms in total. The minimum atomic E-state index is 0.188. The van der Waals surface area contributed by atoms with Gasteiger partial charge in [-0.15, -0.1) is 0 Å². The normalized spacial score (nSPS) is 12.2. The van der Waals surface area contributed by atoms with E-state index < -0.39 is 0 Å². The van der Waals surface area contributed by atoms with E-state index in [-0.39, 0.29) is 6.04 Å². The smallest absolute Gasteiger partial charge is 0.223 e. The summed E-state index contributed by atoms with van der Waals surface area (Å²) in [6.07, 6.45) is 2.83. The van der Waals surface area contributed by atoms with Crippen molar-refractivity contribution in [2.45, 2.75) is 33.2 Å². The van der Waals surface area contributed by atoms with Crippen molar-refractivity contribution in [2.75, 3.05) is 6.54 Å². The lowest BCUT2D eigenvalue weighted by Gasteiger charge is -2.17. The summed E-state index contributed by atoms with van der Waals surface area (Å²) in [4.78, 5) is 4.37. The maximum absolute atomic E-state index is 6.04. The number of nitrogens with zero attached hydrogens (tertiary/aromatic N) is 1. The van der Waals surface area contributed by atoms with Crippen molar-refractivity contribution >= 4 is 11.6 Å². The molecule has 1 atom stereocenters. The molecule has 0 bridgehead atoms. The zero-order valence-corrected chi connectivity index (χ0v) is 13.4. The van der Waals surface area contributed by atoms with Crippen molar-refractivity contribution in [1.29, 1.82) is 0 Å². The number of benzene rings is 1. The van der Waals surface area contributed by atoms with Gasteiger partial charge in [-0.1, -0.05) is 30.7 Å². The van der Waals surface area contributed by atoms with Crippen molar-refractivity contribution < 1.29 is 4.74 Å². The highest BCUT2D eigenvalue weighted by Gasteiger charge is 2.13. The van der Waals surface area contributed by atoms with Gasteiger partial charge in [-0.25, -0.2) is 4.98 Å². The second-order valence-electron chi connectivity index (χ2n) is 5.09. The van der Waals surface area contributed by atoms with Gasteiger partial charge in [0.2, 0.25) is 5.88 Å². The topological polar surface area (TPSA) is 34.2 Å². The van der Waals surface area contributed by atoms with E-state index in [0.717, 1.165) is 29.8 Å². The van der Waals surface area contributed by atoms with Crippen LogP contribution in [0.2, 0.25) is 5.02 Å². The third kappa shape index (κ3) is 4.19. The fourth-order valence-electron chi connectivity index (χ4n) is 2.08. The fraction of sp³-hybridized carbons (Fsp3) is 0.353. The minimum Gasteiger partial charge on any atom is -0.438 e. The van der Waals surface area contributed by atoms with E-state index in [9.17, 15) is 0 Å². The summed E-state index contributed by atoms with van der Waals surface area (Å²) in [6, 6.07) is 9.77. The molecular weight excluding hydrogens is 284 g/mol. The van der Waals surface area contributed by atoms with Gasteiger partial charge in [0, 0.05) is 22.8 Å². The summed E-state index contributed by atoms with van der Waals surface area (Å²) in [5, 5.41) is 4.11. The Morgan fingerprint density at radius 3 is 2.90 bits per heavy atom. The molecule has 1 aromatic carbocycles. The van der Waals surface area contributed by atoms with Crippen LogP contribution in [0.15, 0.2) is 36.5 Å². The summed E-state index contributed by atoms with van der Waals surface area (Å²) < 4.78 is 5.99. The van der Waals surface area contributed by atoms with Crippen LogP contribution < -0.4 is 10.1 Å². The molecule has 2 rings (SSSR count). The first-order valence-electron chi connectivity index (χ1n) is 7.24. The Morgan fingerprint density at radius 2 is 2.14 bits per heavy atom. The first-order chi connectivity index (χ1) is 10.1. The Labute approximate surface area is 131 Å². The lowest BCUT2D eigenvalue weighted by atomic mass is 10.1. The van der Waals surface area contributed by atoms with Crippen LogP contribution in [-0.4, -0.2) is 11.5 Å². The molecule has 1 heterocycles. The maximum atomic E-state index is 6.04. The van der Waals surface area contributed by atoms with Crippen LogP contribution in [0.25, 0.3) is 0 Å². The van der Waals surface area contributed by atoms with Crippen molar-refractivity contribution in [3.05, 3.63) is 52.7 Å². The van der Waals surface area contributed by atoms with Gasteiger partial charge in [0.1, 0.15) is 5.75 Å². The van der Waals surface area contributed by atoms with Gasteiger partial charge in [-0.2, -0.15) is 0 Å². The Bertz CT molecular complexity index is 601. The SMILES string of the molecule is CCCNC(C)c1cccnc1Oc1cc(Cl)ccc1C. The molecule has 112 valence electrons. The number of halogens is 1. The lowest BCUT2D eigenvalue weighted by Crippen LogP contribution is -2.20. The summed E-state index contributed by atoms with van der Waals surface area (Å²) in [5.74, 6) is 1.36. The monoisotopic (exact) mass is 304 g/mol. The Morgan fingerprint density at radius 1 is 1.33 bits per heavy atom. The number of hydrogen-bond acceptors (Lipinski definition) is 3. The van der Waals surface area contributed by atoms with E-state index in [2.05, 4.69) is 24.1 Å². The molecule has 1 N–H and O–H groups in total. The first kappa shape index (κ1) is 15.8. The zero-order chi connectivity index (χ0) is 15.2. The van der Waals surface area contributed by atoms with E-state index in [1.165, 1.54) is 0 Å². The van der Waals surface area contributed by atoms with Crippen molar-refractivity contribution in [3.63, 3.8) is 0 Å². The lowest BCUT2D eigenvalue weighted by molar-refractivity contribution is 0.439.